The fourth-order valence-electron chi connectivity index (χ4n) is 1.93. The van der Waals surface area contributed by atoms with Crippen LogP contribution in [0.25, 0.3) is 0 Å². The average molecular weight is 386 g/mol. The van der Waals surface area contributed by atoms with Gasteiger partial charge >= 0.3 is 0 Å². The lowest BCUT2D eigenvalue weighted by Gasteiger charge is -2.22. The van der Waals surface area contributed by atoms with Gasteiger partial charge in [-0.2, -0.15) is 0 Å². The van der Waals surface area contributed by atoms with Crippen molar-refractivity contribution < 1.29 is 22.7 Å². The number of sulfonamides is 1. The highest BCUT2D eigenvalue weighted by molar-refractivity contribution is 7.93. The van der Waals surface area contributed by atoms with Crippen LogP contribution in [0.4, 0.5) is 10.1 Å². The number of aliphatic hydroxyl groups excluding tert-OH is 1. The zero-order valence-corrected chi connectivity index (χ0v) is 15.6. The lowest BCUT2D eigenvalue weighted by Crippen LogP contribution is -2.46. The molecule has 0 unspecified atom stereocenters. The van der Waals surface area contributed by atoms with Crippen LogP contribution in [0, 0.1) is 5.82 Å². The molecule has 0 atom stereocenters. The molecule has 2 N–H and O–H groups in total. The summed E-state index contributed by atoms with van der Waals surface area (Å²) < 4.78 is 39.3. The van der Waals surface area contributed by atoms with Crippen molar-refractivity contribution in [3.8, 4) is 0 Å². The standard InChI is InChI=1S/C16H19FN2O4S2/c1-16(2,10-20)18-15(21)14-8-13(9-24-14)25(22,23)19(3)12-6-4-11(17)5-7-12/h4-9,20H,10H2,1-3H3,(H,18,21). The fourth-order valence-corrected chi connectivity index (χ4v) is 4.28. The highest BCUT2D eigenvalue weighted by atomic mass is 32.2. The maximum absolute atomic E-state index is 13.0. The molecule has 0 aliphatic rings. The Bertz CT molecular complexity index is 861. The molecule has 25 heavy (non-hydrogen) atoms. The van der Waals surface area contributed by atoms with Crippen molar-refractivity contribution in [2.24, 2.45) is 0 Å². The first-order chi connectivity index (χ1) is 11.6. The van der Waals surface area contributed by atoms with Crippen LogP contribution in [-0.2, 0) is 10.0 Å². The van der Waals surface area contributed by atoms with Crippen LogP contribution in [0.15, 0.2) is 40.6 Å². The largest absolute Gasteiger partial charge is 0.394 e. The summed E-state index contributed by atoms with van der Waals surface area (Å²) in [5, 5.41) is 13.2. The molecule has 9 heteroatoms. The zero-order chi connectivity index (χ0) is 18.8. The molecule has 136 valence electrons. The van der Waals surface area contributed by atoms with Crippen molar-refractivity contribution in [2.75, 3.05) is 18.0 Å². The molecular weight excluding hydrogens is 367 g/mol. The lowest BCUT2D eigenvalue weighted by atomic mass is 10.1. The normalized spacial score (nSPS) is 12.0. The summed E-state index contributed by atoms with van der Waals surface area (Å²) in [6, 6.07) is 6.34. The summed E-state index contributed by atoms with van der Waals surface area (Å²) in [5.41, 5.74) is -0.509. The van der Waals surface area contributed by atoms with Gasteiger partial charge in [0, 0.05) is 12.4 Å². The molecule has 6 nitrogen and oxygen atoms in total. The van der Waals surface area contributed by atoms with Gasteiger partial charge in [-0.25, -0.2) is 12.8 Å². The minimum absolute atomic E-state index is 0.0312. The highest BCUT2D eigenvalue weighted by Gasteiger charge is 2.26. The number of benzene rings is 1. The molecule has 0 fully saturated rings. The number of aliphatic hydroxyl groups is 1. The van der Waals surface area contributed by atoms with Crippen molar-refractivity contribution in [3.05, 3.63) is 46.4 Å². The first-order valence-electron chi connectivity index (χ1n) is 7.33. The number of halogens is 1. The van der Waals surface area contributed by atoms with Crippen LogP contribution in [-0.4, -0.2) is 38.6 Å². The van der Waals surface area contributed by atoms with Crippen LogP contribution in [0.5, 0.6) is 0 Å². The van der Waals surface area contributed by atoms with Crippen molar-refractivity contribution in [1.82, 2.24) is 5.32 Å². The van der Waals surface area contributed by atoms with Gasteiger partial charge in [0.2, 0.25) is 0 Å². The minimum atomic E-state index is -3.87. The molecule has 0 saturated heterocycles. The summed E-state index contributed by atoms with van der Waals surface area (Å²) in [6.07, 6.45) is 0. The molecule has 2 aromatic rings. The van der Waals surface area contributed by atoms with E-state index in [1.165, 1.54) is 42.8 Å². The second kappa shape index (κ2) is 7.11. The van der Waals surface area contributed by atoms with Gasteiger partial charge in [-0.15, -0.1) is 11.3 Å². The molecular formula is C16H19FN2O4S2. The first-order valence-corrected chi connectivity index (χ1v) is 9.65. The first kappa shape index (κ1) is 19.4. The van der Waals surface area contributed by atoms with E-state index in [9.17, 15) is 22.7 Å². The molecule has 0 aliphatic heterocycles. The minimum Gasteiger partial charge on any atom is -0.394 e. The molecule has 0 radical (unpaired) electrons. The number of hydrogen-bond acceptors (Lipinski definition) is 5. The van der Waals surface area contributed by atoms with E-state index in [0.29, 0.717) is 5.69 Å². The van der Waals surface area contributed by atoms with E-state index in [0.717, 1.165) is 15.6 Å². The quantitative estimate of drug-likeness (QED) is 0.797. The lowest BCUT2D eigenvalue weighted by molar-refractivity contribution is 0.0873. The smallest absolute Gasteiger partial charge is 0.264 e. The number of anilines is 1. The Kier molecular flexibility index (Phi) is 5.50. The van der Waals surface area contributed by atoms with Gasteiger partial charge in [0.15, 0.2) is 0 Å². The molecule has 0 aliphatic carbocycles. The van der Waals surface area contributed by atoms with E-state index < -0.39 is 27.3 Å². The van der Waals surface area contributed by atoms with E-state index in [-0.39, 0.29) is 16.4 Å². The third-order valence-corrected chi connectivity index (χ3v) is 6.34. The number of nitrogens with one attached hydrogen (secondary N) is 1. The van der Waals surface area contributed by atoms with E-state index in [2.05, 4.69) is 5.32 Å². The van der Waals surface area contributed by atoms with Crippen LogP contribution >= 0.6 is 11.3 Å². The molecule has 1 aromatic carbocycles. The van der Waals surface area contributed by atoms with Crippen LogP contribution in [0.1, 0.15) is 23.5 Å². The molecule has 1 heterocycles. The number of thiophene rings is 1. The summed E-state index contributed by atoms with van der Waals surface area (Å²) in [7, 11) is -2.52. The molecule has 1 amide bonds. The predicted octanol–water partition coefficient (Wildman–Crippen LogP) is 2.21. The van der Waals surface area contributed by atoms with Crippen LogP contribution < -0.4 is 9.62 Å². The van der Waals surface area contributed by atoms with Gasteiger partial charge < -0.3 is 10.4 Å². The molecule has 2 rings (SSSR count). The third-order valence-electron chi connectivity index (χ3n) is 3.50. The van der Waals surface area contributed by atoms with Gasteiger partial charge in [0.05, 0.1) is 27.6 Å². The maximum atomic E-state index is 13.0. The summed E-state index contributed by atoms with van der Waals surface area (Å²) >= 11 is 0.991. The topological polar surface area (TPSA) is 86.7 Å². The monoisotopic (exact) mass is 386 g/mol. The van der Waals surface area contributed by atoms with Gasteiger partial charge in [0.25, 0.3) is 15.9 Å². The van der Waals surface area contributed by atoms with Crippen molar-refractivity contribution >= 4 is 33.0 Å². The fraction of sp³-hybridized carbons (Fsp3) is 0.312. The predicted molar refractivity (Wildman–Crippen MR) is 94.9 cm³/mol. The number of amides is 1. The Morgan fingerprint density at radius 3 is 2.48 bits per heavy atom. The summed E-state index contributed by atoms with van der Waals surface area (Å²) in [5.74, 6) is -0.925. The number of nitrogens with zero attached hydrogens (tertiary/aromatic N) is 1. The maximum Gasteiger partial charge on any atom is 0.264 e. The number of hydrogen-bond donors (Lipinski definition) is 2. The highest BCUT2D eigenvalue weighted by Crippen LogP contribution is 2.26. The summed E-state index contributed by atoms with van der Waals surface area (Å²) in [4.78, 5) is 12.4. The van der Waals surface area contributed by atoms with E-state index in [4.69, 9.17) is 0 Å². The Balaban J connectivity index is 2.25. The SMILES string of the molecule is CN(c1ccc(F)cc1)S(=O)(=O)c1csc(C(=O)NC(C)(C)CO)c1. The van der Waals surface area contributed by atoms with Gasteiger partial charge in [-0.3, -0.25) is 9.10 Å². The number of carbonyl (C=O) groups excluding carboxylic acids is 1. The zero-order valence-electron chi connectivity index (χ0n) is 14.0. The molecule has 1 aromatic heterocycles. The third kappa shape index (κ3) is 4.36. The van der Waals surface area contributed by atoms with Crippen LogP contribution in [0.3, 0.4) is 0 Å². The average Bonchev–Trinajstić information content (AvgIpc) is 3.05. The van der Waals surface area contributed by atoms with Gasteiger partial charge in [-0.05, 0) is 44.2 Å². The van der Waals surface area contributed by atoms with Gasteiger partial charge in [0.1, 0.15) is 5.82 Å². The molecule has 0 spiro atoms. The molecule has 0 saturated carbocycles. The van der Waals surface area contributed by atoms with Crippen LogP contribution in [0.2, 0.25) is 0 Å². The van der Waals surface area contributed by atoms with E-state index >= 15 is 0 Å². The second-order valence-corrected chi connectivity index (χ2v) is 8.97. The van der Waals surface area contributed by atoms with Gasteiger partial charge in [-0.1, -0.05) is 0 Å². The van der Waals surface area contributed by atoms with Crippen molar-refractivity contribution in [1.29, 1.82) is 0 Å². The Morgan fingerprint density at radius 2 is 1.92 bits per heavy atom. The Labute approximate surface area is 150 Å². The number of rotatable bonds is 6. The van der Waals surface area contributed by atoms with E-state index in [1.54, 1.807) is 13.8 Å². The Hall–Kier alpha value is -1.97. The second-order valence-electron chi connectivity index (χ2n) is 6.09. The van der Waals surface area contributed by atoms with Crippen molar-refractivity contribution in [3.63, 3.8) is 0 Å². The van der Waals surface area contributed by atoms with Crippen molar-refractivity contribution in [2.45, 2.75) is 24.3 Å². The van der Waals surface area contributed by atoms with E-state index in [1.807, 2.05) is 0 Å². The molecule has 0 bridgehead atoms. The summed E-state index contributed by atoms with van der Waals surface area (Å²) in [6.45, 7) is 3.06. The number of carbonyl (C=O) groups is 1. The Morgan fingerprint density at radius 1 is 1.32 bits per heavy atom.